The van der Waals surface area contributed by atoms with E-state index >= 15 is 0 Å². The molecule has 2 aromatic rings. The minimum atomic E-state index is -10.4. The summed E-state index contributed by atoms with van der Waals surface area (Å²) in [6, 6.07) is -0.756. The Bertz CT molecular complexity index is 889. The SMILES string of the molecule is C=CC(=O)On1cnc(-c2cc(C(F)(F)F)cc(S(F)(F)(F)(F)F)c2)n1. The number of halogens is 8. The fourth-order valence-corrected chi connectivity index (χ4v) is 2.37. The number of hydrogen-bond acceptors (Lipinski definition) is 4. The van der Waals surface area contributed by atoms with Crippen LogP contribution in [0.3, 0.4) is 0 Å². The van der Waals surface area contributed by atoms with Gasteiger partial charge in [0, 0.05) is 11.6 Å². The van der Waals surface area contributed by atoms with E-state index in [2.05, 4.69) is 21.5 Å². The third-order valence-corrected chi connectivity index (χ3v) is 3.89. The molecule has 0 radical (unpaired) electrons. The van der Waals surface area contributed by atoms with E-state index in [9.17, 15) is 37.4 Å². The van der Waals surface area contributed by atoms with Crippen molar-refractivity contribution >= 4 is 16.2 Å². The maximum atomic E-state index is 12.9. The van der Waals surface area contributed by atoms with Crippen molar-refractivity contribution in [3.05, 3.63) is 42.7 Å². The lowest BCUT2D eigenvalue weighted by molar-refractivity contribution is -0.140. The normalized spacial score (nSPS) is 15.1. The number of nitrogens with zero attached hydrogens (tertiary/aromatic N) is 3. The fourth-order valence-electron chi connectivity index (χ4n) is 1.67. The third-order valence-electron chi connectivity index (χ3n) is 2.76. The molecule has 0 saturated carbocycles. The van der Waals surface area contributed by atoms with Gasteiger partial charge in [-0.3, -0.25) is 0 Å². The van der Waals surface area contributed by atoms with Gasteiger partial charge in [0.1, 0.15) is 4.90 Å². The first-order chi connectivity index (χ1) is 11.5. The van der Waals surface area contributed by atoms with Gasteiger partial charge in [-0.2, -0.15) is 13.2 Å². The molecule has 0 atom stereocenters. The van der Waals surface area contributed by atoms with E-state index in [4.69, 9.17) is 0 Å². The molecule has 1 aromatic carbocycles. The highest BCUT2D eigenvalue weighted by atomic mass is 32.5. The molecule has 0 fully saturated rings. The van der Waals surface area contributed by atoms with Crippen LogP contribution >= 0.6 is 10.2 Å². The van der Waals surface area contributed by atoms with Crippen LogP contribution in [-0.2, 0) is 11.0 Å². The second-order valence-corrected chi connectivity index (χ2v) is 7.21. The molecule has 0 aliphatic rings. The summed E-state index contributed by atoms with van der Waals surface area (Å²) in [5.74, 6) is -1.87. The largest absolute Gasteiger partial charge is 0.416 e. The van der Waals surface area contributed by atoms with Gasteiger partial charge in [0.25, 0.3) is 0 Å². The summed E-state index contributed by atoms with van der Waals surface area (Å²) in [5.41, 5.74) is -2.98. The number of hydrogen-bond donors (Lipinski definition) is 0. The van der Waals surface area contributed by atoms with Crippen LogP contribution in [0.25, 0.3) is 11.4 Å². The van der Waals surface area contributed by atoms with Gasteiger partial charge >= 0.3 is 22.4 Å². The molecular weight excluding hydrogens is 402 g/mol. The quantitative estimate of drug-likeness (QED) is 0.540. The third kappa shape index (κ3) is 4.50. The minimum Gasteiger partial charge on any atom is -0.313 e. The Morgan fingerprint density at radius 1 is 1.15 bits per heavy atom. The minimum absolute atomic E-state index is 0.155. The molecule has 0 spiro atoms. The number of alkyl halides is 3. The second kappa shape index (κ2) is 5.18. The van der Waals surface area contributed by atoms with E-state index in [0.29, 0.717) is 17.2 Å². The molecule has 1 aromatic heterocycles. The predicted octanol–water partition coefficient (Wildman–Crippen LogP) is 4.76. The van der Waals surface area contributed by atoms with Crippen LogP contribution in [0.4, 0.5) is 32.6 Å². The van der Waals surface area contributed by atoms with Gasteiger partial charge in [0.15, 0.2) is 12.2 Å². The van der Waals surface area contributed by atoms with E-state index in [-0.39, 0.29) is 12.1 Å². The van der Waals surface area contributed by atoms with Gasteiger partial charge in [0.2, 0.25) is 0 Å². The average molecular weight is 409 g/mol. The molecule has 5 nitrogen and oxygen atoms in total. The van der Waals surface area contributed by atoms with E-state index in [1.807, 2.05) is 0 Å². The molecule has 0 bridgehead atoms. The van der Waals surface area contributed by atoms with Gasteiger partial charge in [-0.05, 0) is 18.2 Å². The van der Waals surface area contributed by atoms with Crippen LogP contribution in [-0.4, -0.2) is 20.9 Å². The smallest absolute Gasteiger partial charge is 0.313 e. The Balaban J connectivity index is 2.63. The van der Waals surface area contributed by atoms with Crippen molar-refractivity contribution in [2.75, 3.05) is 0 Å². The summed E-state index contributed by atoms with van der Waals surface area (Å²) in [5, 5.41) is 3.31. The molecule has 26 heavy (non-hydrogen) atoms. The van der Waals surface area contributed by atoms with Crippen molar-refractivity contribution in [2.45, 2.75) is 11.1 Å². The van der Waals surface area contributed by atoms with Crippen molar-refractivity contribution in [1.82, 2.24) is 14.9 Å². The molecule has 0 unspecified atom stereocenters. The summed E-state index contributed by atoms with van der Waals surface area (Å²) >= 11 is 0. The van der Waals surface area contributed by atoms with Crippen LogP contribution in [0.1, 0.15) is 5.56 Å². The molecule has 2 rings (SSSR count). The highest BCUT2D eigenvalue weighted by molar-refractivity contribution is 8.45. The topological polar surface area (TPSA) is 57.0 Å². The fraction of sp³-hybridized carbons (Fsp3) is 0.0833. The van der Waals surface area contributed by atoms with Crippen molar-refractivity contribution in [3.63, 3.8) is 0 Å². The zero-order chi connectivity index (χ0) is 20.0. The maximum absolute atomic E-state index is 12.9. The molecule has 0 saturated heterocycles. The van der Waals surface area contributed by atoms with Gasteiger partial charge in [-0.1, -0.05) is 30.9 Å². The molecule has 0 aliphatic carbocycles. The standard InChI is InChI=1S/C12H7F8N3O2S/c1-2-10(24)25-23-6-21-11(22-23)7-3-8(12(13,14)15)5-9(4-7)26(16,17,18,19)20/h2-6H,1H2. The van der Waals surface area contributed by atoms with Crippen molar-refractivity contribution < 1.29 is 42.2 Å². The van der Waals surface area contributed by atoms with Crippen molar-refractivity contribution in [3.8, 4) is 11.4 Å². The van der Waals surface area contributed by atoms with Crippen LogP contribution in [0.15, 0.2) is 42.1 Å². The first-order valence-electron chi connectivity index (χ1n) is 6.23. The highest BCUT2D eigenvalue weighted by Crippen LogP contribution is 3.02. The van der Waals surface area contributed by atoms with Gasteiger partial charge in [-0.25, -0.2) is 9.78 Å². The molecule has 14 heteroatoms. The Kier molecular flexibility index (Phi) is 3.92. The van der Waals surface area contributed by atoms with Crippen LogP contribution in [0.2, 0.25) is 0 Å². The van der Waals surface area contributed by atoms with Gasteiger partial charge < -0.3 is 4.84 Å². The number of aromatic nitrogens is 3. The summed E-state index contributed by atoms with van der Waals surface area (Å²) in [6.07, 6.45) is -4.01. The van der Waals surface area contributed by atoms with Crippen molar-refractivity contribution in [2.24, 2.45) is 0 Å². The zero-order valence-electron chi connectivity index (χ0n) is 12.2. The summed E-state index contributed by atoms with van der Waals surface area (Å²) in [4.78, 5) is 16.3. The number of rotatable bonds is 4. The van der Waals surface area contributed by atoms with E-state index < -0.39 is 50.3 Å². The molecule has 1 heterocycles. The number of carbonyl (C=O) groups excluding carboxylic acids is 1. The van der Waals surface area contributed by atoms with Gasteiger partial charge in [0.05, 0.1) is 5.56 Å². The second-order valence-electron chi connectivity index (χ2n) is 4.80. The Morgan fingerprint density at radius 3 is 2.27 bits per heavy atom. The van der Waals surface area contributed by atoms with E-state index in [1.165, 1.54) is 0 Å². The lowest BCUT2D eigenvalue weighted by Gasteiger charge is -2.40. The lowest BCUT2D eigenvalue weighted by Crippen LogP contribution is -2.17. The number of carbonyl (C=O) groups is 1. The van der Waals surface area contributed by atoms with E-state index in [1.54, 1.807) is 0 Å². The predicted molar refractivity (Wildman–Crippen MR) is 73.6 cm³/mol. The Hall–Kier alpha value is -2.64. The van der Waals surface area contributed by atoms with Crippen LogP contribution in [0, 0.1) is 0 Å². The molecule has 0 N–H and O–H groups in total. The first-order valence-corrected chi connectivity index (χ1v) is 8.18. The van der Waals surface area contributed by atoms with Crippen LogP contribution < -0.4 is 4.84 Å². The molecule has 0 amide bonds. The first kappa shape index (κ1) is 19.7. The van der Waals surface area contributed by atoms with Gasteiger partial charge in [-0.15, -0.1) is 5.10 Å². The summed E-state index contributed by atoms with van der Waals surface area (Å²) in [6.45, 7) is 3.05. The summed E-state index contributed by atoms with van der Waals surface area (Å²) < 4.78 is 103. The number of benzene rings is 1. The van der Waals surface area contributed by atoms with Crippen molar-refractivity contribution in [1.29, 1.82) is 0 Å². The van der Waals surface area contributed by atoms with Crippen LogP contribution in [0.5, 0.6) is 0 Å². The maximum Gasteiger partial charge on any atom is 0.416 e. The average Bonchev–Trinajstić information content (AvgIpc) is 2.92. The Morgan fingerprint density at radius 2 is 1.77 bits per heavy atom. The molecule has 0 aliphatic heterocycles. The van der Waals surface area contributed by atoms with E-state index in [0.717, 1.165) is 0 Å². The molecular formula is C12H7F8N3O2S. The lowest BCUT2D eigenvalue weighted by atomic mass is 10.1. The molecule has 144 valence electrons. The Labute approximate surface area is 139 Å². The highest BCUT2D eigenvalue weighted by Gasteiger charge is 2.66. The summed E-state index contributed by atoms with van der Waals surface area (Å²) in [7, 11) is -10.4. The zero-order valence-corrected chi connectivity index (χ0v) is 13.0. The monoisotopic (exact) mass is 409 g/mol.